The van der Waals surface area contributed by atoms with Gasteiger partial charge in [-0.15, -0.1) is 0 Å². The van der Waals surface area contributed by atoms with E-state index in [-0.39, 0.29) is 22.2 Å². The highest BCUT2D eigenvalue weighted by molar-refractivity contribution is 6.33. The summed E-state index contributed by atoms with van der Waals surface area (Å²) in [6.45, 7) is 4.86. The van der Waals surface area contributed by atoms with E-state index in [1.165, 1.54) is 12.1 Å². The number of carbonyl (C=O) groups excluding carboxylic acids is 1. The third kappa shape index (κ3) is 2.98. The van der Waals surface area contributed by atoms with Crippen molar-refractivity contribution in [2.24, 2.45) is 0 Å². The van der Waals surface area contributed by atoms with Crippen LogP contribution in [-0.2, 0) is 0 Å². The van der Waals surface area contributed by atoms with Crippen LogP contribution in [0.15, 0.2) is 18.2 Å². The summed E-state index contributed by atoms with van der Waals surface area (Å²) in [7, 11) is 0. The van der Waals surface area contributed by atoms with Crippen LogP contribution in [0.3, 0.4) is 0 Å². The number of rotatable bonds is 5. The molecule has 0 radical (unpaired) electrons. The van der Waals surface area contributed by atoms with Crippen molar-refractivity contribution >= 4 is 23.2 Å². The highest BCUT2D eigenvalue weighted by atomic mass is 35.5. The van der Waals surface area contributed by atoms with Gasteiger partial charge in [0, 0.05) is 13.1 Å². The number of halogens is 1. The predicted molar refractivity (Wildman–Crippen MR) is 70.0 cm³/mol. The van der Waals surface area contributed by atoms with Crippen molar-refractivity contribution in [1.82, 2.24) is 4.90 Å². The van der Waals surface area contributed by atoms with E-state index in [0.29, 0.717) is 13.1 Å². The Bertz CT molecular complexity index is 463. The Kier molecular flexibility index (Phi) is 5.09. The maximum Gasteiger partial charge on any atom is 0.300 e. The fourth-order valence-corrected chi connectivity index (χ4v) is 1.96. The summed E-state index contributed by atoms with van der Waals surface area (Å²) in [6, 6.07) is 4.39. The number of para-hydroxylation sites is 1. The van der Waals surface area contributed by atoms with E-state index in [2.05, 4.69) is 0 Å². The van der Waals surface area contributed by atoms with Crippen molar-refractivity contribution in [3.63, 3.8) is 0 Å². The first-order valence-electron chi connectivity index (χ1n) is 5.75. The van der Waals surface area contributed by atoms with Gasteiger partial charge in [-0.3, -0.25) is 14.9 Å². The highest BCUT2D eigenvalue weighted by Crippen LogP contribution is 2.29. The molecule has 1 aromatic rings. The SMILES string of the molecule is CCCN(CC)C(=O)c1cccc(Cl)c1[N+](=O)[O-]. The molecule has 6 heteroatoms. The molecule has 1 rings (SSSR count). The Hall–Kier alpha value is -1.62. The minimum Gasteiger partial charge on any atom is -0.339 e. The molecule has 0 aliphatic heterocycles. The predicted octanol–water partition coefficient (Wildman–Crippen LogP) is 3.12. The number of carbonyl (C=O) groups is 1. The van der Waals surface area contributed by atoms with Crippen molar-refractivity contribution in [3.8, 4) is 0 Å². The second kappa shape index (κ2) is 6.35. The van der Waals surface area contributed by atoms with E-state index in [1.807, 2.05) is 13.8 Å². The first kappa shape index (κ1) is 14.4. The van der Waals surface area contributed by atoms with E-state index < -0.39 is 4.92 Å². The summed E-state index contributed by atoms with van der Waals surface area (Å²) in [5.41, 5.74) is -0.276. The second-order valence-corrected chi connectivity index (χ2v) is 4.19. The van der Waals surface area contributed by atoms with Gasteiger partial charge in [0.25, 0.3) is 5.91 Å². The van der Waals surface area contributed by atoms with E-state index in [9.17, 15) is 14.9 Å². The maximum atomic E-state index is 12.2. The smallest absolute Gasteiger partial charge is 0.300 e. The van der Waals surface area contributed by atoms with Gasteiger partial charge >= 0.3 is 5.69 Å². The Labute approximate surface area is 110 Å². The van der Waals surface area contributed by atoms with Gasteiger partial charge in [-0.2, -0.15) is 0 Å². The summed E-state index contributed by atoms with van der Waals surface area (Å²) >= 11 is 5.78. The largest absolute Gasteiger partial charge is 0.339 e. The summed E-state index contributed by atoms with van der Waals surface area (Å²) < 4.78 is 0. The molecule has 0 atom stereocenters. The van der Waals surface area contributed by atoms with Crippen molar-refractivity contribution < 1.29 is 9.72 Å². The number of nitrogens with zero attached hydrogens (tertiary/aromatic N) is 2. The summed E-state index contributed by atoms with van der Waals surface area (Å²) in [5.74, 6) is -0.353. The zero-order valence-electron chi connectivity index (χ0n) is 10.4. The van der Waals surface area contributed by atoms with Crippen LogP contribution in [0.5, 0.6) is 0 Å². The molecule has 0 aliphatic carbocycles. The minimum atomic E-state index is -0.616. The third-order valence-electron chi connectivity index (χ3n) is 2.56. The normalized spacial score (nSPS) is 10.2. The fourth-order valence-electron chi connectivity index (χ4n) is 1.72. The molecule has 18 heavy (non-hydrogen) atoms. The number of hydrogen-bond acceptors (Lipinski definition) is 3. The van der Waals surface area contributed by atoms with Gasteiger partial charge < -0.3 is 4.90 Å². The molecule has 5 nitrogen and oxygen atoms in total. The molecule has 0 unspecified atom stereocenters. The highest BCUT2D eigenvalue weighted by Gasteiger charge is 2.26. The van der Waals surface area contributed by atoms with Crippen molar-refractivity contribution in [2.75, 3.05) is 13.1 Å². The topological polar surface area (TPSA) is 63.5 Å². The van der Waals surface area contributed by atoms with Gasteiger partial charge in [0.15, 0.2) is 0 Å². The van der Waals surface area contributed by atoms with Gasteiger partial charge in [0.2, 0.25) is 0 Å². The fraction of sp³-hybridized carbons (Fsp3) is 0.417. The van der Waals surface area contributed by atoms with Gasteiger partial charge in [0.05, 0.1) is 4.92 Å². The lowest BCUT2D eigenvalue weighted by Gasteiger charge is -2.20. The second-order valence-electron chi connectivity index (χ2n) is 3.78. The van der Waals surface area contributed by atoms with Gasteiger partial charge in [-0.1, -0.05) is 24.6 Å². The average molecular weight is 271 g/mol. The molecular formula is C12H15ClN2O3. The van der Waals surface area contributed by atoms with Crippen LogP contribution in [0.4, 0.5) is 5.69 Å². The first-order valence-corrected chi connectivity index (χ1v) is 6.12. The Morgan fingerprint density at radius 2 is 2.11 bits per heavy atom. The number of nitro benzene ring substituents is 1. The first-order chi connectivity index (χ1) is 8.52. The molecule has 98 valence electrons. The van der Waals surface area contributed by atoms with Crippen LogP contribution in [0, 0.1) is 10.1 Å². The number of amides is 1. The molecule has 0 saturated carbocycles. The molecular weight excluding hydrogens is 256 g/mol. The number of benzene rings is 1. The van der Waals surface area contributed by atoms with E-state index >= 15 is 0 Å². The molecule has 0 aliphatic rings. The zero-order valence-corrected chi connectivity index (χ0v) is 11.1. The Morgan fingerprint density at radius 3 is 2.61 bits per heavy atom. The maximum absolute atomic E-state index is 12.2. The molecule has 0 spiro atoms. The van der Waals surface area contributed by atoms with Crippen LogP contribution in [0.2, 0.25) is 5.02 Å². The van der Waals surface area contributed by atoms with Crippen molar-refractivity contribution in [3.05, 3.63) is 38.9 Å². The van der Waals surface area contributed by atoms with Crippen LogP contribution in [0.1, 0.15) is 30.6 Å². The third-order valence-corrected chi connectivity index (χ3v) is 2.87. The van der Waals surface area contributed by atoms with E-state index in [4.69, 9.17) is 11.6 Å². The number of nitro groups is 1. The van der Waals surface area contributed by atoms with E-state index in [1.54, 1.807) is 11.0 Å². The molecule has 0 bridgehead atoms. The number of hydrogen-bond donors (Lipinski definition) is 0. The molecule has 0 fully saturated rings. The quantitative estimate of drug-likeness (QED) is 0.610. The molecule has 0 saturated heterocycles. The van der Waals surface area contributed by atoms with Crippen LogP contribution >= 0.6 is 11.6 Å². The van der Waals surface area contributed by atoms with Gasteiger partial charge in [0.1, 0.15) is 10.6 Å². The Morgan fingerprint density at radius 1 is 1.44 bits per heavy atom. The molecule has 0 N–H and O–H groups in total. The summed E-state index contributed by atoms with van der Waals surface area (Å²) in [5, 5.41) is 11.0. The lowest BCUT2D eigenvalue weighted by molar-refractivity contribution is -0.385. The van der Waals surface area contributed by atoms with Crippen LogP contribution in [0.25, 0.3) is 0 Å². The minimum absolute atomic E-state index is 0.0154. The molecule has 0 aromatic heterocycles. The Balaban J connectivity index is 3.20. The van der Waals surface area contributed by atoms with Crippen molar-refractivity contribution in [2.45, 2.75) is 20.3 Å². The van der Waals surface area contributed by atoms with Gasteiger partial charge in [-0.25, -0.2) is 0 Å². The molecule has 1 amide bonds. The van der Waals surface area contributed by atoms with E-state index in [0.717, 1.165) is 6.42 Å². The summed E-state index contributed by atoms with van der Waals surface area (Å²) in [6.07, 6.45) is 0.800. The monoisotopic (exact) mass is 270 g/mol. The molecule has 1 aromatic carbocycles. The molecule has 0 heterocycles. The lowest BCUT2D eigenvalue weighted by atomic mass is 10.1. The standard InChI is InChI=1S/C12H15ClN2O3/c1-3-8-14(4-2)12(16)9-6-5-7-10(13)11(9)15(17)18/h5-7H,3-4,8H2,1-2H3. The lowest BCUT2D eigenvalue weighted by Crippen LogP contribution is -2.32. The van der Waals surface area contributed by atoms with Crippen molar-refractivity contribution in [1.29, 1.82) is 0 Å². The zero-order chi connectivity index (χ0) is 13.7. The van der Waals surface area contributed by atoms with Crippen LogP contribution in [-0.4, -0.2) is 28.8 Å². The van der Waals surface area contributed by atoms with Crippen LogP contribution < -0.4 is 0 Å². The average Bonchev–Trinajstić information content (AvgIpc) is 2.34. The van der Waals surface area contributed by atoms with Gasteiger partial charge in [-0.05, 0) is 25.5 Å². The summed E-state index contributed by atoms with van der Waals surface area (Å²) in [4.78, 5) is 24.1.